The first-order chi connectivity index (χ1) is 14.7. The molecule has 2 aliphatic carbocycles. The van der Waals surface area contributed by atoms with Gasteiger partial charge in [-0.15, -0.1) is 0 Å². The van der Waals surface area contributed by atoms with Crippen molar-refractivity contribution in [2.45, 2.75) is 75.3 Å². The van der Waals surface area contributed by atoms with Crippen LogP contribution in [0.25, 0.3) is 0 Å². The van der Waals surface area contributed by atoms with Crippen LogP contribution in [0, 0.1) is 22.7 Å². The molecule has 2 saturated carbocycles. The molecule has 2 aliphatic rings. The number of rotatable bonds is 4. The second-order valence-electron chi connectivity index (χ2n) is 8.70. The summed E-state index contributed by atoms with van der Waals surface area (Å²) in [6.45, 7) is 0. The Bertz CT molecular complexity index is 915. The van der Waals surface area contributed by atoms with Crippen LogP contribution in [-0.2, 0) is 11.1 Å². The molecule has 0 radical (unpaired) electrons. The van der Waals surface area contributed by atoms with Crippen LogP contribution in [0.5, 0.6) is 0 Å². The molecule has 0 aliphatic heterocycles. The van der Waals surface area contributed by atoms with Crippen molar-refractivity contribution in [3.8, 4) is 12.1 Å². The van der Waals surface area contributed by atoms with Crippen LogP contribution < -0.4 is 0 Å². The maximum atomic E-state index is 9.72. The highest BCUT2D eigenvalue weighted by Crippen LogP contribution is 2.47. The monoisotopic (exact) mass is 396 g/mol. The van der Waals surface area contributed by atoms with E-state index in [2.05, 4.69) is 24.3 Å². The van der Waals surface area contributed by atoms with Gasteiger partial charge in [0.25, 0.3) is 0 Å². The molecule has 0 heterocycles. The minimum Gasteiger partial charge on any atom is -0.192 e. The summed E-state index contributed by atoms with van der Waals surface area (Å²) in [6, 6.07) is 20.5. The number of hydrogen-bond donors (Lipinski definition) is 0. The van der Waals surface area contributed by atoms with Crippen LogP contribution >= 0.6 is 0 Å². The smallest absolute Gasteiger partial charge is 0.108 e. The van der Waals surface area contributed by atoms with Crippen molar-refractivity contribution in [2.75, 3.05) is 0 Å². The largest absolute Gasteiger partial charge is 0.192 e. The SMILES string of the molecule is N#Cc1ccccc1C1(N=NC2(c3ccccc3C#N)CCCCC2)CCCCC1. The molecule has 0 N–H and O–H groups in total. The molecule has 4 nitrogen and oxygen atoms in total. The van der Waals surface area contributed by atoms with Gasteiger partial charge in [-0.3, -0.25) is 0 Å². The van der Waals surface area contributed by atoms with E-state index in [-0.39, 0.29) is 0 Å². The molecule has 0 saturated heterocycles. The highest BCUT2D eigenvalue weighted by Gasteiger charge is 2.40. The van der Waals surface area contributed by atoms with E-state index in [1.165, 1.54) is 12.8 Å². The topological polar surface area (TPSA) is 72.3 Å². The van der Waals surface area contributed by atoms with E-state index in [4.69, 9.17) is 10.2 Å². The maximum Gasteiger partial charge on any atom is 0.108 e. The minimum absolute atomic E-state index is 0.434. The van der Waals surface area contributed by atoms with Crippen molar-refractivity contribution < 1.29 is 0 Å². The molecule has 2 fully saturated rings. The number of benzene rings is 2. The molecule has 2 aromatic carbocycles. The quantitative estimate of drug-likeness (QED) is 0.527. The summed E-state index contributed by atoms with van der Waals surface area (Å²) >= 11 is 0. The predicted octanol–water partition coefficient (Wildman–Crippen LogP) is 6.90. The molecule has 152 valence electrons. The molecule has 0 aromatic heterocycles. The molecule has 0 spiro atoms. The summed E-state index contributed by atoms with van der Waals surface area (Å²) in [5.74, 6) is 0. The molecular weight excluding hydrogens is 368 g/mol. The first-order valence-electron chi connectivity index (χ1n) is 11.2. The average molecular weight is 397 g/mol. The lowest BCUT2D eigenvalue weighted by atomic mass is 9.74. The lowest BCUT2D eigenvalue weighted by molar-refractivity contribution is 0.242. The fourth-order valence-electron chi connectivity index (χ4n) is 5.28. The van der Waals surface area contributed by atoms with Crippen LogP contribution in [0.3, 0.4) is 0 Å². The fraction of sp³-hybridized carbons (Fsp3) is 0.462. The minimum atomic E-state index is -0.434. The third-order valence-electron chi connectivity index (χ3n) is 6.89. The van der Waals surface area contributed by atoms with Gasteiger partial charge in [-0.1, -0.05) is 74.9 Å². The fourth-order valence-corrected chi connectivity index (χ4v) is 5.28. The van der Waals surface area contributed by atoms with E-state index in [9.17, 15) is 10.5 Å². The molecule has 2 aromatic rings. The number of azo groups is 1. The van der Waals surface area contributed by atoms with Crippen LogP contribution in [0.1, 0.15) is 86.5 Å². The van der Waals surface area contributed by atoms with Crippen molar-refractivity contribution in [3.05, 3.63) is 70.8 Å². The van der Waals surface area contributed by atoms with Gasteiger partial charge in [-0.25, -0.2) is 0 Å². The standard InChI is InChI=1S/C26H28N4/c27-19-21-11-3-5-13-23(21)25(15-7-1-8-16-25)29-30-26(17-9-2-10-18-26)24-14-6-4-12-22(24)20-28/h3-6,11-14H,1-2,7-10,15-18H2. The zero-order valence-electron chi connectivity index (χ0n) is 17.5. The van der Waals surface area contributed by atoms with Gasteiger partial charge in [0.1, 0.15) is 11.1 Å². The van der Waals surface area contributed by atoms with E-state index in [0.29, 0.717) is 11.1 Å². The molecule has 30 heavy (non-hydrogen) atoms. The molecule has 0 atom stereocenters. The lowest BCUT2D eigenvalue weighted by Gasteiger charge is -2.38. The number of nitrogens with zero attached hydrogens (tertiary/aromatic N) is 4. The van der Waals surface area contributed by atoms with E-state index in [1.807, 2.05) is 36.4 Å². The summed E-state index contributed by atoms with van der Waals surface area (Å²) in [6.07, 6.45) is 10.5. The van der Waals surface area contributed by atoms with Gasteiger partial charge in [-0.05, 0) is 48.9 Å². The molecule has 4 heteroatoms. The second-order valence-corrected chi connectivity index (χ2v) is 8.70. The van der Waals surface area contributed by atoms with Crippen molar-refractivity contribution >= 4 is 0 Å². The Labute approximate surface area is 179 Å². The summed E-state index contributed by atoms with van der Waals surface area (Å²) in [5, 5.41) is 29.6. The van der Waals surface area contributed by atoms with Crippen molar-refractivity contribution in [2.24, 2.45) is 10.2 Å². The zero-order chi connectivity index (χ0) is 20.9. The van der Waals surface area contributed by atoms with E-state index in [1.54, 1.807) is 0 Å². The Morgan fingerprint density at radius 1 is 0.567 bits per heavy atom. The van der Waals surface area contributed by atoms with Crippen LogP contribution in [0.2, 0.25) is 0 Å². The second kappa shape index (κ2) is 8.80. The Morgan fingerprint density at radius 2 is 0.933 bits per heavy atom. The third-order valence-corrected chi connectivity index (χ3v) is 6.89. The van der Waals surface area contributed by atoms with Crippen molar-refractivity contribution in [1.82, 2.24) is 0 Å². The van der Waals surface area contributed by atoms with Crippen LogP contribution in [-0.4, -0.2) is 0 Å². The van der Waals surface area contributed by atoms with Crippen LogP contribution in [0.15, 0.2) is 58.8 Å². The Hall–Kier alpha value is -2.98. The van der Waals surface area contributed by atoms with Gasteiger partial charge in [0.05, 0.1) is 23.3 Å². The predicted molar refractivity (Wildman–Crippen MR) is 117 cm³/mol. The van der Waals surface area contributed by atoms with Gasteiger partial charge >= 0.3 is 0 Å². The first kappa shape index (κ1) is 20.3. The van der Waals surface area contributed by atoms with E-state index in [0.717, 1.165) is 62.5 Å². The summed E-state index contributed by atoms with van der Waals surface area (Å²) in [5.41, 5.74) is 2.56. The van der Waals surface area contributed by atoms with Gasteiger partial charge in [0.2, 0.25) is 0 Å². The molecular formula is C26H28N4. The maximum absolute atomic E-state index is 9.72. The Morgan fingerprint density at radius 3 is 1.30 bits per heavy atom. The summed E-state index contributed by atoms with van der Waals surface area (Å²) in [4.78, 5) is 0. The van der Waals surface area contributed by atoms with Crippen molar-refractivity contribution in [1.29, 1.82) is 10.5 Å². The van der Waals surface area contributed by atoms with E-state index < -0.39 is 11.1 Å². The van der Waals surface area contributed by atoms with Gasteiger partial charge in [0, 0.05) is 0 Å². The summed E-state index contributed by atoms with van der Waals surface area (Å²) < 4.78 is 0. The van der Waals surface area contributed by atoms with Crippen molar-refractivity contribution in [3.63, 3.8) is 0 Å². The molecule has 0 unspecified atom stereocenters. The first-order valence-corrected chi connectivity index (χ1v) is 11.2. The lowest BCUT2D eigenvalue weighted by Crippen LogP contribution is -2.31. The Balaban J connectivity index is 1.82. The number of nitriles is 2. The number of hydrogen-bond acceptors (Lipinski definition) is 4. The molecule has 0 amide bonds. The van der Waals surface area contributed by atoms with Gasteiger partial charge in [-0.2, -0.15) is 20.8 Å². The van der Waals surface area contributed by atoms with Crippen LogP contribution in [0.4, 0.5) is 0 Å². The van der Waals surface area contributed by atoms with Gasteiger partial charge in [0.15, 0.2) is 0 Å². The highest BCUT2D eigenvalue weighted by molar-refractivity contribution is 5.44. The highest BCUT2D eigenvalue weighted by atomic mass is 15.2. The molecule has 4 rings (SSSR count). The average Bonchev–Trinajstić information content (AvgIpc) is 2.84. The summed E-state index contributed by atoms with van der Waals surface area (Å²) in [7, 11) is 0. The third kappa shape index (κ3) is 3.75. The molecule has 0 bridgehead atoms. The van der Waals surface area contributed by atoms with Gasteiger partial charge < -0.3 is 0 Å². The Kier molecular flexibility index (Phi) is 5.96. The normalized spacial score (nSPS) is 20.3. The zero-order valence-corrected chi connectivity index (χ0v) is 17.5. The van der Waals surface area contributed by atoms with E-state index >= 15 is 0 Å².